The first kappa shape index (κ1) is 15.4. The summed E-state index contributed by atoms with van der Waals surface area (Å²) in [7, 11) is 1.22. The predicted molar refractivity (Wildman–Crippen MR) is 59.1 cm³/mol. The molecular weight excluding hydrogens is 228 g/mol. The van der Waals surface area contributed by atoms with E-state index >= 15 is 0 Å². The molecule has 7 heteroatoms. The fourth-order valence-corrected chi connectivity index (χ4v) is 1.17. The summed E-state index contributed by atoms with van der Waals surface area (Å²) in [5.41, 5.74) is 5.41. The zero-order valence-electron chi connectivity index (χ0n) is 9.93. The largest absolute Gasteiger partial charge is 0.480 e. The quantitative estimate of drug-likeness (QED) is 0.508. The van der Waals surface area contributed by atoms with Gasteiger partial charge in [-0.2, -0.15) is 0 Å². The van der Waals surface area contributed by atoms with Crippen molar-refractivity contribution in [3.8, 4) is 0 Å². The Bertz CT molecular complexity index is 290. The van der Waals surface area contributed by atoms with Crippen LogP contribution >= 0.6 is 0 Å². The van der Waals surface area contributed by atoms with Crippen molar-refractivity contribution in [1.82, 2.24) is 5.32 Å². The molecule has 0 bridgehead atoms. The van der Waals surface area contributed by atoms with E-state index in [1.54, 1.807) is 6.92 Å². The number of amides is 1. The number of carboxylic acids is 1. The van der Waals surface area contributed by atoms with Gasteiger partial charge in [-0.3, -0.25) is 9.59 Å². The molecule has 98 valence electrons. The number of hydrogen-bond donors (Lipinski definition) is 3. The molecule has 0 aliphatic carbocycles. The van der Waals surface area contributed by atoms with Crippen LogP contribution in [0.3, 0.4) is 0 Å². The molecule has 0 aliphatic heterocycles. The maximum Gasteiger partial charge on any atom is 0.326 e. The summed E-state index contributed by atoms with van der Waals surface area (Å²) < 4.78 is 4.39. The first-order valence-corrected chi connectivity index (χ1v) is 5.21. The Morgan fingerprint density at radius 1 is 1.41 bits per heavy atom. The van der Waals surface area contributed by atoms with Crippen molar-refractivity contribution in [2.75, 3.05) is 7.11 Å². The van der Waals surface area contributed by atoms with Gasteiger partial charge in [0.2, 0.25) is 5.91 Å². The van der Waals surface area contributed by atoms with Crippen LogP contribution in [-0.4, -0.2) is 42.1 Å². The molecule has 0 aromatic heterocycles. The van der Waals surface area contributed by atoms with E-state index in [1.165, 1.54) is 7.11 Å². The van der Waals surface area contributed by atoms with Crippen molar-refractivity contribution in [3.63, 3.8) is 0 Å². The molecule has 0 rings (SSSR count). The first-order valence-electron chi connectivity index (χ1n) is 5.21. The maximum absolute atomic E-state index is 11.3. The molecule has 0 saturated heterocycles. The van der Waals surface area contributed by atoms with Gasteiger partial charge >= 0.3 is 11.9 Å². The van der Waals surface area contributed by atoms with Gasteiger partial charge in [0.1, 0.15) is 6.04 Å². The van der Waals surface area contributed by atoms with Crippen LogP contribution in [0.5, 0.6) is 0 Å². The highest BCUT2D eigenvalue weighted by atomic mass is 16.5. The molecular formula is C10H18N2O5. The van der Waals surface area contributed by atoms with Gasteiger partial charge in [-0.15, -0.1) is 0 Å². The molecule has 0 saturated carbocycles. The van der Waals surface area contributed by atoms with Crippen LogP contribution in [-0.2, 0) is 19.1 Å². The molecule has 2 atom stereocenters. The van der Waals surface area contributed by atoms with Gasteiger partial charge in [-0.25, -0.2) is 4.79 Å². The summed E-state index contributed by atoms with van der Waals surface area (Å²) in [5, 5.41) is 11.1. The minimum Gasteiger partial charge on any atom is -0.480 e. The van der Waals surface area contributed by atoms with E-state index in [2.05, 4.69) is 10.1 Å². The van der Waals surface area contributed by atoms with Crippen LogP contribution in [0, 0.1) is 0 Å². The van der Waals surface area contributed by atoms with Gasteiger partial charge < -0.3 is 20.9 Å². The molecule has 17 heavy (non-hydrogen) atoms. The van der Waals surface area contributed by atoms with Gasteiger partial charge in [-0.1, -0.05) is 0 Å². The zero-order valence-corrected chi connectivity index (χ0v) is 9.93. The lowest BCUT2D eigenvalue weighted by atomic mass is 10.1. The average Bonchev–Trinajstić information content (AvgIpc) is 2.22. The number of ether oxygens (including phenoxy) is 1. The number of nitrogens with two attached hydrogens (primary N) is 1. The minimum atomic E-state index is -1.19. The Morgan fingerprint density at radius 2 is 2.00 bits per heavy atom. The van der Waals surface area contributed by atoms with E-state index < -0.39 is 23.9 Å². The number of esters is 1. The Labute approximate surface area is 99.3 Å². The van der Waals surface area contributed by atoms with Gasteiger partial charge in [0.25, 0.3) is 0 Å². The molecule has 0 heterocycles. The van der Waals surface area contributed by atoms with Gasteiger partial charge in [-0.05, 0) is 13.3 Å². The summed E-state index contributed by atoms with van der Waals surface area (Å²) in [6.07, 6.45) is -0.0272. The first-order chi connectivity index (χ1) is 7.86. The third-order valence-electron chi connectivity index (χ3n) is 2.01. The fourth-order valence-electron chi connectivity index (χ4n) is 1.17. The number of methoxy groups -OCH3 is 1. The second kappa shape index (κ2) is 7.61. The lowest BCUT2D eigenvalue weighted by Gasteiger charge is -2.14. The molecule has 7 nitrogen and oxygen atoms in total. The monoisotopic (exact) mass is 246 g/mol. The summed E-state index contributed by atoms with van der Waals surface area (Å²) in [6.45, 7) is 1.64. The Balaban J connectivity index is 4.20. The molecule has 1 amide bonds. The molecule has 0 radical (unpaired) electrons. The second-order valence-electron chi connectivity index (χ2n) is 3.75. The van der Waals surface area contributed by atoms with Gasteiger partial charge in [0.05, 0.1) is 7.11 Å². The Morgan fingerprint density at radius 3 is 2.41 bits per heavy atom. The molecule has 0 aromatic rings. The molecule has 0 aliphatic rings. The van der Waals surface area contributed by atoms with Crippen LogP contribution in [0.25, 0.3) is 0 Å². The molecule has 0 spiro atoms. The number of carboxylic acid groups (broad SMARTS) is 1. The lowest BCUT2D eigenvalue weighted by molar-refractivity contribution is -0.144. The maximum atomic E-state index is 11.3. The average molecular weight is 246 g/mol. The van der Waals surface area contributed by atoms with Gasteiger partial charge in [0, 0.05) is 18.9 Å². The van der Waals surface area contributed by atoms with Crippen LogP contribution in [0.15, 0.2) is 0 Å². The third kappa shape index (κ3) is 7.29. The molecule has 4 N–H and O–H groups in total. The van der Waals surface area contributed by atoms with E-state index in [-0.39, 0.29) is 25.3 Å². The lowest BCUT2D eigenvalue weighted by Crippen LogP contribution is -2.42. The summed E-state index contributed by atoms with van der Waals surface area (Å²) in [6, 6.07) is -1.44. The minimum absolute atomic E-state index is 0.00724. The van der Waals surface area contributed by atoms with Gasteiger partial charge in [0.15, 0.2) is 0 Å². The Hall–Kier alpha value is -1.63. The van der Waals surface area contributed by atoms with Crippen molar-refractivity contribution in [2.45, 2.75) is 38.3 Å². The fraction of sp³-hybridized carbons (Fsp3) is 0.700. The van der Waals surface area contributed by atoms with E-state index in [9.17, 15) is 14.4 Å². The van der Waals surface area contributed by atoms with Crippen molar-refractivity contribution in [1.29, 1.82) is 0 Å². The van der Waals surface area contributed by atoms with E-state index in [0.29, 0.717) is 0 Å². The number of aliphatic carboxylic acids is 1. The van der Waals surface area contributed by atoms with Crippen molar-refractivity contribution in [3.05, 3.63) is 0 Å². The van der Waals surface area contributed by atoms with Crippen LogP contribution < -0.4 is 11.1 Å². The van der Waals surface area contributed by atoms with Crippen LogP contribution in [0.4, 0.5) is 0 Å². The molecule has 0 aromatic carbocycles. The predicted octanol–water partition coefficient (Wildman–Crippen LogP) is -0.754. The van der Waals surface area contributed by atoms with E-state index in [0.717, 1.165) is 0 Å². The highest BCUT2D eigenvalue weighted by Crippen LogP contribution is 2.00. The molecule has 0 fully saturated rings. The third-order valence-corrected chi connectivity index (χ3v) is 2.01. The van der Waals surface area contributed by atoms with E-state index in [4.69, 9.17) is 10.8 Å². The van der Waals surface area contributed by atoms with Crippen molar-refractivity contribution >= 4 is 17.8 Å². The standard InChI is InChI=1S/C10H18N2O5/c1-6(11)5-8(13)12-7(10(15)16)3-4-9(14)17-2/h6-7H,3-5,11H2,1-2H3,(H,12,13)(H,15,16)/t6?,7-/m1/s1. The number of rotatable bonds is 7. The summed E-state index contributed by atoms with van der Waals surface area (Å²) in [4.78, 5) is 33.0. The zero-order chi connectivity index (χ0) is 13.4. The number of hydrogen-bond acceptors (Lipinski definition) is 5. The van der Waals surface area contributed by atoms with Crippen molar-refractivity contribution in [2.24, 2.45) is 5.73 Å². The van der Waals surface area contributed by atoms with Crippen LogP contribution in [0.1, 0.15) is 26.2 Å². The Kier molecular flexibility index (Phi) is 6.88. The number of carbonyl (C=O) groups is 3. The van der Waals surface area contributed by atoms with Crippen molar-refractivity contribution < 1.29 is 24.2 Å². The summed E-state index contributed by atoms with van der Waals surface area (Å²) in [5.74, 6) is -2.15. The topological polar surface area (TPSA) is 119 Å². The van der Waals surface area contributed by atoms with E-state index in [1.807, 2.05) is 0 Å². The SMILES string of the molecule is COC(=O)CC[C@@H](NC(=O)CC(C)N)C(=O)O. The van der Waals surface area contributed by atoms with Crippen LogP contribution in [0.2, 0.25) is 0 Å². The highest BCUT2D eigenvalue weighted by Gasteiger charge is 2.21. The number of nitrogens with one attached hydrogen (secondary N) is 1. The molecule has 1 unspecified atom stereocenters. The second-order valence-corrected chi connectivity index (χ2v) is 3.75. The summed E-state index contributed by atoms with van der Waals surface area (Å²) >= 11 is 0. The highest BCUT2D eigenvalue weighted by molar-refractivity contribution is 5.84. The normalized spacial score (nSPS) is 13.6. The number of carbonyl (C=O) groups excluding carboxylic acids is 2. The smallest absolute Gasteiger partial charge is 0.326 e.